The summed E-state index contributed by atoms with van der Waals surface area (Å²) < 4.78 is 2.20. The highest BCUT2D eigenvalue weighted by Gasteiger charge is 2.18. The van der Waals surface area contributed by atoms with Crippen molar-refractivity contribution in [1.29, 1.82) is 0 Å². The molecule has 3 aromatic rings. The number of aryl methyl sites for hydroxylation is 2. The SMILES string of the molecule is Cc1cccc(NC(=O)c2ncn3c(=O)n(C)nnc23)c1Cl. The number of amides is 1. The first-order valence-electron chi connectivity index (χ1n) is 6.32. The Balaban J connectivity index is 2.01. The zero-order chi connectivity index (χ0) is 15.9. The molecule has 0 bridgehead atoms. The van der Waals surface area contributed by atoms with Gasteiger partial charge in [0, 0.05) is 7.05 Å². The third kappa shape index (κ3) is 2.23. The molecule has 0 aliphatic carbocycles. The Morgan fingerprint density at radius 2 is 2.14 bits per heavy atom. The number of carbonyl (C=O) groups is 1. The van der Waals surface area contributed by atoms with Gasteiger partial charge in [-0.05, 0) is 18.6 Å². The maximum atomic E-state index is 12.3. The number of benzene rings is 1. The van der Waals surface area contributed by atoms with Gasteiger partial charge < -0.3 is 5.32 Å². The fraction of sp³-hybridized carbons (Fsp3) is 0.154. The highest BCUT2D eigenvalue weighted by Crippen LogP contribution is 2.25. The second-order valence-electron chi connectivity index (χ2n) is 4.67. The molecule has 3 rings (SSSR count). The Labute approximate surface area is 129 Å². The topological polar surface area (TPSA) is 94.2 Å². The van der Waals surface area contributed by atoms with Crippen LogP contribution in [0.3, 0.4) is 0 Å². The molecule has 1 amide bonds. The van der Waals surface area contributed by atoms with E-state index in [0.717, 1.165) is 14.6 Å². The molecule has 2 aromatic heterocycles. The van der Waals surface area contributed by atoms with E-state index in [2.05, 4.69) is 20.6 Å². The van der Waals surface area contributed by atoms with E-state index in [1.807, 2.05) is 13.0 Å². The van der Waals surface area contributed by atoms with Crippen LogP contribution < -0.4 is 11.0 Å². The van der Waals surface area contributed by atoms with Gasteiger partial charge in [-0.2, -0.15) is 4.68 Å². The second kappa shape index (κ2) is 5.23. The van der Waals surface area contributed by atoms with Crippen LogP contribution in [-0.2, 0) is 7.05 Å². The summed E-state index contributed by atoms with van der Waals surface area (Å²) in [4.78, 5) is 28.1. The summed E-state index contributed by atoms with van der Waals surface area (Å²) in [6.45, 7) is 1.83. The number of rotatable bonds is 2. The Morgan fingerprint density at radius 3 is 2.91 bits per heavy atom. The van der Waals surface area contributed by atoms with Crippen LogP contribution in [0.4, 0.5) is 5.69 Å². The lowest BCUT2D eigenvalue weighted by Gasteiger charge is -2.07. The fourth-order valence-electron chi connectivity index (χ4n) is 1.97. The second-order valence-corrected chi connectivity index (χ2v) is 5.05. The number of nitrogens with one attached hydrogen (secondary N) is 1. The standard InChI is InChI=1S/C13H11ClN6O2/c1-7-4-3-5-8(9(7)14)16-12(21)10-11-17-18-19(2)13(22)20(11)6-15-10/h3-6H,1-2H3,(H,16,21). The average molecular weight is 319 g/mol. The monoisotopic (exact) mass is 318 g/mol. The molecule has 0 fully saturated rings. The maximum Gasteiger partial charge on any atom is 0.352 e. The van der Waals surface area contributed by atoms with E-state index in [1.54, 1.807) is 12.1 Å². The van der Waals surface area contributed by atoms with Crippen LogP contribution in [0.2, 0.25) is 5.02 Å². The normalized spacial score (nSPS) is 10.9. The number of aromatic nitrogens is 5. The number of hydrogen-bond donors (Lipinski definition) is 1. The molecule has 0 atom stereocenters. The molecule has 0 saturated carbocycles. The van der Waals surface area contributed by atoms with Crippen molar-refractivity contribution in [2.45, 2.75) is 6.92 Å². The predicted molar refractivity (Wildman–Crippen MR) is 80.2 cm³/mol. The first-order chi connectivity index (χ1) is 10.5. The molecule has 0 radical (unpaired) electrons. The summed E-state index contributed by atoms with van der Waals surface area (Å²) in [5, 5.41) is 10.6. The smallest absolute Gasteiger partial charge is 0.319 e. The number of anilines is 1. The van der Waals surface area contributed by atoms with Gasteiger partial charge in [-0.15, -0.1) is 5.10 Å². The molecular formula is C13H11ClN6O2. The van der Waals surface area contributed by atoms with Crippen LogP contribution in [-0.4, -0.2) is 30.3 Å². The van der Waals surface area contributed by atoms with Crippen molar-refractivity contribution in [2.24, 2.45) is 7.05 Å². The quantitative estimate of drug-likeness (QED) is 0.761. The van der Waals surface area contributed by atoms with Crippen LogP contribution in [0.15, 0.2) is 29.3 Å². The van der Waals surface area contributed by atoms with Crippen LogP contribution in [0.25, 0.3) is 5.65 Å². The summed E-state index contributed by atoms with van der Waals surface area (Å²) in [5.74, 6) is -0.516. The van der Waals surface area contributed by atoms with Crippen molar-refractivity contribution in [3.63, 3.8) is 0 Å². The molecule has 0 unspecified atom stereocenters. The minimum atomic E-state index is -0.516. The van der Waals surface area contributed by atoms with Gasteiger partial charge in [-0.25, -0.2) is 14.2 Å². The summed E-state index contributed by atoms with van der Waals surface area (Å²) in [6, 6.07) is 5.28. The van der Waals surface area contributed by atoms with E-state index >= 15 is 0 Å². The van der Waals surface area contributed by atoms with Crippen molar-refractivity contribution in [3.8, 4) is 0 Å². The lowest BCUT2D eigenvalue weighted by molar-refractivity contribution is 0.102. The first kappa shape index (κ1) is 14.2. The summed E-state index contributed by atoms with van der Waals surface area (Å²) in [7, 11) is 1.46. The molecule has 22 heavy (non-hydrogen) atoms. The van der Waals surface area contributed by atoms with E-state index in [0.29, 0.717) is 10.7 Å². The Bertz CT molecular complexity index is 945. The Kier molecular flexibility index (Phi) is 3.38. The minimum absolute atomic E-state index is 0.00257. The third-order valence-electron chi connectivity index (χ3n) is 3.15. The van der Waals surface area contributed by atoms with Crippen LogP contribution in [0.5, 0.6) is 0 Å². The van der Waals surface area contributed by atoms with Crippen molar-refractivity contribution in [3.05, 3.63) is 51.3 Å². The van der Waals surface area contributed by atoms with E-state index in [9.17, 15) is 9.59 Å². The van der Waals surface area contributed by atoms with E-state index in [1.165, 1.54) is 13.4 Å². The summed E-state index contributed by atoms with van der Waals surface area (Å²) >= 11 is 6.14. The molecule has 112 valence electrons. The van der Waals surface area contributed by atoms with Crippen LogP contribution in [0, 0.1) is 6.92 Å². The van der Waals surface area contributed by atoms with Crippen molar-refractivity contribution < 1.29 is 4.79 Å². The minimum Gasteiger partial charge on any atom is -0.319 e. The molecular weight excluding hydrogens is 308 g/mol. The highest BCUT2D eigenvalue weighted by molar-refractivity contribution is 6.34. The summed E-state index contributed by atoms with van der Waals surface area (Å²) in [6.07, 6.45) is 1.24. The number of halogens is 1. The maximum absolute atomic E-state index is 12.3. The molecule has 0 spiro atoms. The van der Waals surface area contributed by atoms with Crippen molar-refractivity contribution in [1.82, 2.24) is 24.4 Å². The lowest BCUT2D eigenvalue weighted by atomic mass is 10.2. The van der Waals surface area contributed by atoms with E-state index in [4.69, 9.17) is 11.6 Å². The summed E-state index contributed by atoms with van der Waals surface area (Å²) in [5.41, 5.74) is 0.949. The molecule has 8 nitrogen and oxygen atoms in total. The number of hydrogen-bond acceptors (Lipinski definition) is 5. The first-order valence-corrected chi connectivity index (χ1v) is 6.70. The molecule has 1 aromatic carbocycles. The van der Waals surface area contributed by atoms with Gasteiger partial charge in [0.15, 0.2) is 11.3 Å². The number of imidazole rings is 1. The van der Waals surface area contributed by atoms with E-state index < -0.39 is 11.6 Å². The molecule has 0 saturated heterocycles. The Hall–Kier alpha value is -2.74. The average Bonchev–Trinajstić information content (AvgIpc) is 2.92. The van der Waals surface area contributed by atoms with Crippen molar-refractivity contribution >= 4 is 28.8 Å². The van der Waals surface area contributed by atoms with Gasteiger partial charge in [0.25, 0.3) is 5.91 Å². The third-order valence-corrected chi connectivity index (χ3v) is 3.66. The molecule has 1 N–H and O–H groups in total. The van der Waals surface area contributed by atoms with Gasteiger partial charge >= 0.3 is 5.69 Å². The van der Waals surface area contributed by atoms with Crippen LogP contribution in [0.1, 0.15) is 16.1 Å². The molecule has 9 heteroatoms. The van der Waals surface area contributed by atoms with E-state index in [-0.39, 0.29) is 11.3 Å². The number of fused-ring (bicyclic) bond motifs is 1. The zero-order valence-corrected chi connectivity index (χ0v) is 12.5. The molecule has 0 aliphatic heterocycles. The predicted octanol–water partition coefficient (Wildman–Crippen LogP) is 1.04. The zero-order valence-electron chi connectivity index (χ0n) is 11.7. The van der Waals surface area contributed by atoms with Gasteiger partial charge in [0.1, 0.15) is 6.33 Å². The number of carbonyl (C=O) groups excluding carboxylic acids is 1. The van der Waals surface area contributed by atoms with Gasteiger partial charge in [0.05, 0.1) is 10.7 Å². The fourth-order valence-corrected chi connectivity index (χ4v) is 2.14. The van der Waals surface area contributed by atoms with Gasteiger partial charge in [-0.3, -0.25) is 4.79 Å². The number of nitrogens with zero attached hydrogens (tertiary/aromatic N) is 5. The largest absolute Gasteiger partial charge is 0.352 e. The molecule has 0 aliphatic rings. The Morgan fingerprint density at radius 1 is 1.36 bits per heavy atom. The van der Waals surface area contributed by atoms with Gasteiger partial charge in [-0.1, -0.05) is 28.9 Å². The molecule has 2 heterocycles. The van der Waals surface area contributed by atoms with Crippen LogP contribution >= 0.6 is 11.6 Å². The lowest BCUT2D eigenvalue weighted by Crippen LogP contribution is -2.27. The van der Waals surface area contributed by atoms with Gasteiger partial charge in [0.2, 0.25) is 0 Å². The highest BCUT2D eigenvalue weighted by atomic mass is 35.5. The van der Waals surface area contributed by atoms with Crippen molar-refractivity contribution in [2.75, 3.05) is 5.32 Å².